The van der Waals surface area contributed by atoms with Gasteiger partial charge in [-0.25, -0.2) is 4.79 Å². The molecule has 0 fully saturated rings. The Kier molecular flexibility index (Phi) is 10.3. The fourth-order valence-corrected chi connectivity index (χ4v) is 11.1. The summed E-state index contributed by atoms with van der Waals surface area (Å²) in [5.74, 6) is -0.463. The zero-order valence-corrected chi connectivity index (χ0v) is 36.1. The van der Waals surface area contributed by atoms with E-state index in [4.69, 9.17) is 9.47 Å². The van der Waals surface area contributed by atoms with Crippen LogP contribution in [-0.2, 0) is 55.1 Å². The highest BCUT2D eigenvalue weighted by atomic mass is 16.6. The molecule has 2 aliphatic heterocycles. The van der Waals surface area contributed by atoms with Crippen LogP contribution in [0.3, 0.4) is 0 Å². The molecular formula is C53H48N4O8. The summed E-state index contributed by atoms with van der Waals surface area (Å²) in [5.41, 5.74) is 18.3. The molecule has 12 heteroatoms. The molecule has 65 heavy (non-hydrogen) atoms. The molecule has 4 aliphatic rings. The predicted molar refractivity (Wildman–Crippen MR) is 249 cm³/mol. The van der Waals surface area contributed by atoms with Crippen LogP contribution in [0.5, 0.6) is 0 Å². The van der Waals surface area contributed by atoms with E-state index in [1.807, 2.05) is 42.5 Å². The lowest BCUT2D eigenvalue weighted by atomic mass is 9.92. The van der Waals surface area contributed by atoms with Crippen LogP contribution in [0, 0.1) is 0 Å². The third-order valence-corrected chi connectivity index (χ3v) is 13.7. The van der Waals surface area contributed by atoms with Gasteiger partial charge in [-0.1, -0.05) is 54.6 Å². The van der Waals surface area contributed by atoms with E-state index >= 15 is 0 Å². The number of carbonyl (C=O) groups is 3. The van der Waals surface area contributed by atoms with Gasteiger partial charge in [-0.15, -0.1) is 0 Å². The Bertz CT molecular complexity index is 3320. The van der Waals surface area contributed by atoms with Crippen molar-refractivity contribution in [1.82, 2.24) is 19.8 Å². The molecule has 6 aromatic carbocycles. The number of aliphatic hydroxyl groups excluding tert-OH is 3. The first kappa shape index (κ1) is 40.9. The van der Waals surface area contributed by atoms with E-state index in [1.54, 1.807) is 13.2 Å². The van der Waals surface area contributed by atoms with Crippen molar-refractivity contribution in [2.45, 2.75) is 58.5 Å². The number of hydrogen-bond donors (Lipinski definition) is 5. The highest BCUT2D eigenvalue weighted by molar-refractivity contribution is 6.22. The molecule has 2 aromatic heterocycles. The van der Waals surface area contributed by atoms with E-state index in [0.717, 1.165) is 112 Å². The number of aromatic nitrogens is 2. The van der Waals surface area contributed by atoms with E-state index in [2.05, 4.69) is 56.2 Å². The minimum absolute atomic E-state index is 0.00516. The Morgan fingerprint density at radius 3 is 1.68 bits per heavy atom. The Labute approximate surface area is 374 Å². The van der Waals surface area contributed by atoms with Crippen LogP contribution >= 0.6 is 0 Å². The van der Waals surface area contributed by atoms with Gasteiger partial charge in [-0.05, 0) is 93.2 Å². The van der Waals surface area contributed by atoms with Gasteiger partial charge >= 0.3 is 5.97 Å². The average Bonchev–Trinajstić information content (AvgIpc) is 4.19. The summed E-state index contributed by atoms with van der Waals surface area (Å²) < 4.78 is 14.9. The fourth-order valence-electron chi connectivity index (χ4n) is 11.1. The molecule has 12 rings (SSSR count). The number of carbonyl (C=O) groups excluding carboxylic acids is 3. The summed E-state index contributed by atoms with van der Waals surface area (Å²) in [6.45, 7) is 3.02. The molecule has 0 unspecified atom stereocenters. The largest absolute Gasteiger partial charge is 0.460 e. The highest BCUT2D eigenvalue weighted by Gasteiger charge is 2.37. The van der Waals surface area contributed by atoms with Gasteiger partial charge in [0.25, 0.3) is 11.8 Å². The molecule has 4 heterocycles. The summed E-state index contributed by atoms with van der Waals surface area (Å²) in [5, 5.41) is 39.0. The monoisotopic (exact) mass is 868 g/mol. The minimum Gasteiger partial charge on any atom is -0.460 e. The second kappa shape index (κ2) is 16.3. The first-order valence-electron chi connectivity index (χ1n) is 22.3. The maximum Gasteiger partial charge on any atom is 0.338 e. The minimum atomic E-state index is -0.403. The van der Waals surface area contributed by atoms with Crippen molar-refractivity contribution in [3.63, 3.8) is 0 Å². The first-order chi connectivity index (χ1) is 31.9. The maximum atomic E-state index is 13.1. The summed E-state index contributed by atoms with van der Waals surface area (Å²) >= 11 is 0. The number of esters is 1. The average molecular weight is 869 g/mol. The Balaban J connectivity index is 0.000000146. The standard InChI is InChI=1S/C28H26N2O5.C25H22N2O3/c1-34-11-12-35-28(33)17-7-8-22-19(14-17)24-21-15-29-27(32)25(21)23-18-6-3-2-5-16(18)13-20(23)26(24)30(22)9-4-10-31;28-9-3-8-27-20-7-6-14(13-29)10-17(20)22-19-12-26-25(30)23(19)21-16-5-2-1-4-15(16)11-18(21)24(22)27/h2-3,5-8,14,31H,4,9-13,15H2,1H3,(H,29,32);1-2,4-7,10,28-29H,3,8-9,11-13H2,(H,26,30). The van der Waals surface area contributed by atoms with Crippen molar-refractivity contribution < 1.29 is 39.2 Å². The smallest absolute Gasteiger partial charge is 0.338 e. The molecule has 0 atom stereocenters. The number of rotatable bonds is 11. The number of benzene rings is 6. The Hall–Kier alpha value is -6.83. The van der Waals surface area contributed by atoms with Crippen molar-refractivity contribution in [2.24, 2.45) is 0 Å². The van der Waals surface area contributed by atoms with Gasteiger partial charge in [0.2, 0.25) is 0 Å². The van der Waals surface area contributed by atoms with E-state index in [9.17, 15) is 29.7 Å². The zero-order chi connectivity index (χ0) is 44.5. The molecule has 2 amide bonds. The molecule has 0 saturated heterocycles. The summed E-state index contributed by atoms with van der Waals surface area (Å²) in [4.78, 5) is 38.7. The number of fused-ring (bicyclic) bond motifs is 20. The topological polar surface area (TPSA) is 164 Å². The van der Waals surface area contributed by atoms with E-state index in [0.29, 0.717) is 51.2 Å². The lowest BCUT2D eigenvalue weighted by Gasteiger charge is -2.13. The van der Waals surface area contributed by atoms with Gasteiger partial charge < -0.3 is 44.6 Å². The van der Waals surface area contributed by atoms with Crippen LogP contribution < -0.4 is 10.6 Å². The molecule has 0 bridgehead atoms. The number of aryl methyl sites for hydroxylation is 2. The second-order valence-corrected chi connectivity index (χ2v) is 17.2. The molecule has 2 aliphatic carbocycles. The van der Waals surface area contributed by atoms with Gasteiger partial charge in [0, 0.05) is 103 Å². The lowest BCUT2D eigenvalue weighted by molar-refractivity contribution is 0.0388. The second-order valence-electron chi connectivity index (χ2n) is 17.2. The number of amides is 2. The summed E-state index contributed by atoms with van der Waals surface area (Å²) in [6, 6.07) is 28.3. The maximum absolute atomic E-state index is 13.1. The Morgan fingerprint density at radius 1 is 0.631 bits per heavy atom. The SMILES string of the molecule is COCCOC(=O)c1ccc2c(c1)c1c3c(c4c(c1n2CCCO)Cc1ccccc1-4)C(=O)NC3.O=C1NCc2c1c1c(c3c2c2cc(CO)ccc2n3CCCO)Cc2ccccc2-1. The molecular weight excluding hydrogens is 821 g/mol. The van der Waals surface area contributed by atoms with Gasteiger partial charge in [-0.3, -0.25) is 9.59 Å². The van der Waals surface area contributed by atoms with Gasteiger partial charge in [0.15, 0.2) is 0 Å². The number of methoxy groups -OCH3 is 1. The fraction of sp³-hybridized carbons (Fsp3) is 0.264. The van der Waals surface area contributed by atoms with Crippen molar-refractivity contribution in [1.29, 1.82) is 0 Å². The Morgan fingerprint density at radius 2 is 1.15 bits per heavy atom. The molecule has 8 aromatic rings. The number of aliphatic hydroxyl groups is 3. The van der Waals surface area contributed by atoms with Crippen molar-refractivity contribution in [3.05, 3.63) is 141 Å². The molecule has 0 spiro atoms. The number of hydrogen-bond acceptors (Lipinski definition) is 8. The third kappa shape index (κ3) is 6.30. The van der Waals surface area contributed by atoms with E-state index in [-0.39, 0.29) is 38.2 Å². The van der Waals surface area contributed by atoms with Crippen LogP contribution in [0.4, 0.5) is 0 Å². The van der Waals surface area contributed by atoms with Gasteiger partial charge in [0.1, 0.15) is 6.61 Å². The van der Waals surface area contributed by atoms with Crippen LogP contribution in [0.15, 0.2) is 84.9 Å². The number of ether oxygens (including phenoxy) is 2. The molecule has 0 saturated carbocycles. The van der Waals surface area contributed by atoms with Crippen molar-refractivity contribution >= 4 is 61.4 Å². The molecule has 0 radical (unpaired) electrons. The highest BCUT2D eigenvalue weighted by Crippen LogP contribution is 2.50. The number of nitrogens with zero attached hydrogens (tertiary/aromatic N) is 2. The van der Waals surface area contributed by atoms with Gasteiger partial charge in [-0.2, -0.15) is 0 Å². The third-order valence-electron chi connectivity index (χ3n) is 13.7. The van der Waals surface area contributed by atoms with Crippen molar-refractivity contribution in [2.75, 3.05) is 33.5 Å². The van der Waals surface area contributed by atoms with Crippen LogP contribution in [0.2, 0.25) is 0 Å². The van der Waals surface area contributed by atoms with Crippen LogP contribution in [-0.4, -0.2) is 75.8 Å². The van der Waals surface area contributed by atoms with Crippen molar-refractivity contribution in [3.8, 4) is 22.3 Å². The first-order valence-corrected chi connectivity index (χ1v) is 22.3. The summed E-state index contributed by atoms with van der Waals surface area (Å²) in [7, 11) is 1.56. The zero-order valence-electron chi connectivity index (χ0n) is 36.1. The van der Waals surface area contributed by atoms with E-state index in [1.165, 1.54) is 16.7 Å². The van der Waals surface area contributed by atoms with Crippen LogP contribution in [0.25, 0.3) is 65.9 Å². The molecule has 328 valence electrons. The number of nitrogens with one attached hydrogen (secondary N) is 2. The lowest BCUT2D eigenvalue weighted by Crippen LogP contribution is -2.13. The molecule has 5 N–H and O–H groups in total. The molecule has 12 nitrogen and oxygen atoms in total. The summed E-state index contributed by atoms with van der Waals surface area (Å²) in [6.07, 6.45) is 2.81. The quantitative estimate of drug-likeness (QED) is 0.0669. The normalized spacial score (nSPS) is 14.0. The predicted octanol–water partition coefficient (Wildman–Crippen LogP) is 7.28. The van der Waals surface area contributed by atoms with E-state index < -0.39 is 5.97 Å². The van der Waals surface area contributed by atoms with Crippen LogP contribution in [0.1, 0.15) is 82.9 Å². The van der Waals surface area contributed by atoms with Gasteiger partial charge in [0.05, 0.1) is 40.9 Å².